The molecule has 2 amide bonds. The van der Waals surface area contributed by atoms with Gasteiger partial charge in [-0.25, -0.2) is 0 Å². The summed E-state index contributed by atoms with van der Waals surface area (Å²) in [7, 11) is 1.57. The summed E-state index contributed by atoms with van der Waals surface area (Å²) in [5, 5.41) is 5.57. The van der Waals surface area contributed by atoms with Gasteiger partial charge in [-0.15, -0.1) is 0 Å². The van der Waals surface area contributed by atoms with E-state index in [1.807, 2.05) is 30.3 Å². The number of nitrogens with one attached hydrogen (secondary N) is 2. The van der Waals surface area contributed by atoms with Gasteiger partial charge < -0.3 is 21.1 Å². The third-order valence-electron chi connectivity index (χ3n) is 4.20. The van der Waals surface area contributed by atoms with E-state index in [0.717, 1.165) is 5.56 Å². The van der Waals surface area contributed by atoms with Crippen LogP contribution in [-0.2, 0) is 4.79 Å². The van der Waals surface area contributed by atoms with E-state index in [1.54, 1.807) is 38.3 Å². The summed E-state index contributed by atoms with van der Waals surface area (Å²) in [5.41, 5.74) is 7.61. The van der Waals surface area contributed by atoms with Crippen molar-refractivity contribution >= 4 is 11.8 Å². The molecule has 0 saturated heterocycles. The zero-order valence-corrected chi connectivity index (χ0v) is 15.1. The fourth-order valence-electron chi connectivity index (χ4n) is 2.49. The first-order valence-corrected chi connectivity index (χ1v) is 8.53. The van der Waals surface area contributed by atoms with Crippen molar-refractivity contribution in [2.24, 2.45) is 11.7 Å². The average Bonchev–Trinajstić information content (AvgIpc) is 2.70. The smallest absolute Gasteiger partial charge is 0.251 e. The average molecular weight is 355 g/mol. The molecule has 138 valence electrons. The third kappa shape index (κ3) is 5.32. The molecule has 0 bridgehead atoms. The molecule has 0 aliphatic rings. The molecule has 2 aromatic carbocycles. The van der Waals surface area contributed by atoms with Gasteiger partial charge in [-0.05, 0) is 29.8 Å². The van der Waals surface area contributed by atoms with Gasteiger partial charge in [-0.1, -0.05) is 37.3 Å². The van der Waals surface area contributed by atoms with Gasteiger partial charge in [0.25, 0.3) is 5.91 Å². The summed E-state index contributed by atoms with van der Waals surface area (Å²) in [6.07, 6.45) is 0. The van der Waals surface area contributed by atoms with Crippen LogP contribution in [0.4, 0.5) is 0 Å². The minimum atomic E-state index is -0.370. The zero-order valence-electron chi connectivity index (χ0n) is 15.1. The Bertz CT molecular complexity index is 717. The molecular formula is C20H25N3O3. The Morgan fingerprint density at radius 3 is 2.23 bits per heavy atom. The summed E-state index contributed by atoms with van der Waals surface area (Å²) >= 11 is 0. The predicted octanol–water partition coefficient (Wildman–Crippen LogP) is 1.88. The highest BCUT2D eigenvalue weighted by molar-refractivity contribution is 5.94. The van der Waals surface area contributed by atoms with Crippen molar-refractivity contribution < 1.29 is 14.3 Å². The molecule has 0 fully saturated rings. The van der Waals surface area contributed by atoms with Gasteiger partial charge in [0.15, 0.2) is 0 Å². The molecule has 6 nitrogen and oxygen atoms in total. The van der Waals surface area contributed by atoms with Crippen molar-refractivity contribution in [3.8, 4) is 5.75 Å². The molecular weight excluding hydrogens is 330 g/mol. The van der Waals surface area contributed by atoms with Crippen molar-refractivity contribution in [3.05, 3.63) is 65.7 Å². The Labute approximate surface area is 153 Å². The molecule has 0 saturated carbocycles. The molecule has 4 N–H and O–H groups in total. The van der Waals surface area contributed by atoms with Gasteiger partial charge in [0.1, 0.15) is 5.75 Å². The van der Waals surface area contributed by atoms with E-state index in [2.05, 4.69) is 10.6 Å². The van der Waals surface area contributed by atoms with Gasteiger partial charge in [0.05, 0.1) is 13.0 Å². The van der Waals surface area contributed by atoms with Gasteiger partial charge in [-0.2, -0.15) is 0 Å². The largest absolute Gasteiger partial charge is 0.497 e. The molecule has 2 atom stereocenters. The number of carbonyl (C=O) groups excluding carboxylic acids is 2. The van der Waals surface area contributed by atoms with E-state index < -0.39 is 0 Å². The molecule has 0 heterocycles. The normalized spacial score (nSPS) is 12.7. The van der Waals surface area contributed by atoms with Gasteiger partial charge >= 0.3 is 0 Å². The maximum atomic E-state index is 12.2. The van der Waals surface area contributed by atoms with E-state index in [9.17, 15) is 9.59 Å². The molecule has 0 radical (unpaired) electrons. The van der Waals surface area contributed by atoms with E-state index in [-0.39, 0.29) is 23.8 Å². The first kappa shape index (κ1) is 19.5. The summed E-state index contributed by atoms with van der Waals surface area (Å²) in [4.78, 5) is 24.3. The molecule has 0 aromatic heterocycles. The van der Waals surface area contributed by atoms with E-state index in [1.165, 1.54) is 0 Å². The predicted molar refractivity (Wildman–Crippen MR) is 101 cm³/mol. The minimum Gasteiger partial charge on any atom is -0.497 e. The number of ether oxygens (including phenoxy) is 1. The van der Waals surface area contributed by atoms with Crippen LogP contribution in [0.25, 0.3) is 0 Å². The van der Waals surface area contributed by atoms with Crippen LogP contribution < -0.4 is 21.1 Å². The molecule has 0 spiro atoms. The Hall–Kier alpha value is -2.86. The molecule has 2 unspecified atom stereocenters. The second-order valence-electron chi connectivity index (χ2n) is 6.00. The molecule has 26 heavy (non-hydrogen) atoms. The lowest BCUT2D eigenvalue weighted by Crippen LogP contribution is -2.39. The molecule has 2 rings (SSSR count). The quantitative estimate of drug-likeness (QED) is 0.630. The number of nitrogens with two attached hydrogens (primary N) is 1. The van der Waals surface area contributed by atoms with Crippen LogP contribution >= 0.6 is 0 Å². The highest BCUT2D eigenvalue weighted by Gasteiger charge is 2.21. The van der Waals surface area contributed by atoms with Gasteiger partial charge in [0, 0.05) is 24.7 Å². The summed E-state index contributed by atoms with van der Waals surface area (Å²) in [6, 6.07) is 16.0. The Morgan fingerprint density at radius 2 is 1.62 bits per heavy atom. The van der Waals surface area contributed by atoms with Crippen LogP contribution in [-0.4, -0.2) is 32.0 Å². The lowest BCUT2D eigenvalue weighted by molar-refractivity contribution is -0.125. The molecule has 0 aliphatic heterocycles. The topological polar surface area (TPSA) is 93.5 Å². The Morgan fingerprint density at radius 1 is 1.00 bits per heavy atom. The van der Waals surface area contributed by atoms with Gasteiger partial charge in [-0.3, -0.25) is 9.59 Å². The fraction of sp³-hybridized carbons (Fsp3) is 0.300. The van der Waals surface area contributed by atoms with Crippen molar-refractivity contribution in [3.63, 3.8) is 0 Å². The van der Waals surface area contributed by atoms with Crippen molar-refractivity contribution in [2.75, 3.05) is 20.2 Å². The highest BCUT2D eigenvalue weighted by atomic mass is 16.5. The SMILES string of the molecule is COc1ccc(C(=O)NCCNC(=O)C(C)C(N)c2ccccc2)cc1. The van der Waals surface area contributed by atoms with Crippen LogP contribution in [0.2, 0.25) is 0 Å². The van der Waals surface area contributed by atoms with Gasteiger partial charge in [0.2, 0.25) is 5.91 Å². The van der Waals surface area contributed by atoms with Crippen LogP contribution in [0.5, 0.6) is 5.75 Å². The van der Waals surface area contributed by atoms with Crippen LogP contribution in [0.3, 0.4) is 0 Å². The van der Waals surface area contributed by atoms with Crippen LogP contribution in [0, 0.1) is 5.92 Å². The van der Waals surface area contributed by atoms with Crippen molar-refractivity contribution in [2.45, 2.75) is 13.0 Å². The van der Waals surface area contributed by atoms with Crippen LogP contribution in [0.1, 0.15) is 28.9 Å². The third-order valence-corrected chi connectivity index (χ3v) is 4.20. The fourth-order valence-corrected chi connectivity index (χ4v) is 2.49. The second kappa shape index (κ2) is 9.58. The van der Waals surface area contributed by atoms with E-state index in [4.69, 9.17) is 10.5 Å². The summed E-state index contributed by atoms with van der Waals surface area (Å²) in [6.45, 7) is 2.47. The van der Waals surface area contributed by atoms with Crippen molar-refractivity contribution in [1.82, 2.24) is 10.6 Å². The number of carbonyl (C=O) groups is 2. The summed E-state index contributed by atoms with van der Waals surface area (Å²) in [5.74, 6) is -0.0109. The molecule has 2 aromatic rings. The standard InChI is InChI=1S/C20H25N3O3/c1-14(18(21)15-6-4-3-5-7-15)19(24)22-12-13-23-20(25)16-8-10-17(26-2)11-9-16/h3-11,14,18H,12-13,21H2,1-2H3,(H,22,24)(H,23,25). The number of rotatable bonds is 8. The minimum absolute atomic E-state index is 0.139. The second-order valence-corrected chi connectivity index (χ2v) is 6.00. The number of hydrogen-bond donors (Lipinski definition) is 3. The number of hydrogen-bond acceptors (Lipinski definition) is 4. The highest BCUT2D eigenvalue weighted by Crippen LogP contribution is 2.18. The number of benzene rings is 2. The van der Waals surface area contributed by atoms with Crippen LogP contribution in [0.15, 0.2) is 54.6 Å². The number of methoxy groups -OCH3 is 1. The lowest BCUT2D eigenvalue weighted by atomic mass is 9.95. The first-order valence-electron chi connectivity index (χ1n) is 8.53. The van der Waals surface area contributed by atoms with Crippen molar-refractivity contribution in [1.29, 1.82) is 0 Å². The Kier molecular flexibility index (Phi) is 7.17. The molecule has 0 aliphatic carbocycles. The van der Waals surface area contributed by atoms with E-state index >= 15 is 0 Å². The lowest BCUT2D eigenvalue weighted by Gasteiger charge is -2.19. The zero-order chi connectivity index (χ0) is 18.9. The monoisotopic (exact) mass is 355 g/mol. The maximum absolute atomic E-state index is 12.2. The molecule has 6 heteroatoms. The Balaban J connectivity index is 1.74. The van der Waals surface area contributed by atoms with E-state index in [0.29, 0.717) is 24.4 Å². The maximum Gasteiger partial charge on any atom is 0.251 e. The first-order chi connectivity index (χ1) is 12.5. The summed E-state index contributed by atoms with van der Waals surface area (Å²) < 4.78 is 5.06. The number of amides is 2.